The van der Waals surface area contributed by atoms with E-state index in [1.165, 1.54) is 25.9 Å². The SMILES string of the molecule is CCN1CCC(CCNC(=O)N2CCC(CC)(CO)CC2)CC1. The van der Waals surface area contributed by atoms with Gasteiger partial charge in [0.05, 0.1) is 0 Å². The highest BCUT2D eigenvalue weighted by molar-refractivity contribution is 5.74. The molecule has 0 aromatic rings. The van der Waals surface area contributed by atoms with Gasteiger partial charge in [0.25, 0.3) is 0 Å². The lowest BCUT2D eigenvalue weighted by atomic mass is 9.77. The van der Waals surface area contributed by atoms with Gasteiger partial charge in [-0.15, -0.1) is 0 Å². The van der Waals surface area contributed by atoms with Crippen LogP contribution in [0.15, 0.2) is 0 Å². The lowest BCUT2D eigenvalue weighted by Gasteiger charge is -2.40. The molecule has 2 aliphatic rings. The van der Waals surface area contributed by atoms with E-state index in [9.17, 15) is 9.90 Å². The van der Waals surface area contributed by atoms with Crippen LogP contribution in [0, 0.1) is 11.3 Å². The van der Waals surface area contributed by atoms with Crippen molar-refractivity contribution in [3.8, 4) is 0 Å². The molecule has 2 fully saturated rings. The molecule has 23 heavy (non-hydrogen) atoms. The summed E-state index contributed by atoms with van der Waals surface area (Å²) in [5.41, 5.74) is 0.0457. The molecule has 0 unspecified atom stereocenters. The third-order valence-electron chi connectivity index (χ3n) is 6.18. The number of carbonyl (C=O) groups is 1. The standard InChI is InChI=1S/C18H35N3O2/c1-3-18(15-22)8-13-21(14-9-18)17(23)19-10-5-16-6-11-20(4-2)12-7-16/h16,22H,3-15H2,1-2H3,(H,19,23). The molecule has 5 nitrogen and oxygen atoms in total. The lowest BCUT2D eigenvalue weighted by molar-refractivity contribution is 0.0519. The minimum absolute atomic E-state index is 0.0457. The van der Waals surface area contributed by atoms with Crippen molar-refractivity contribution in [1.29, 1.82) is 0 Å². The topological polar surface area (TPSA) is 55.8 Å². The molecule has 2 saturated heterocycles. The number of aliphatic hydroxyl groups is 1. The van der Waals surface area contributed by atoms with Gasteiger partial charge in [0.15, 0.2) is 0 Å². The van der Waals surface area contributed by atoms with Gasteiger partial charge in [0, 0.05) is 26.2 Å². The highest BCUT2D eigenvalue weighted by Gasteiger charge is 2.33. The molecule has 134 valence electrons. The Balaban J connectivity index is 1.62. The predicted octanol–water partition coefficient (Wildman–Crippen LogP) is 2.30. The number of rotatable bonds is 6. The van der Waals surface area contributed by atoms with Crippen LogP contribution >= 0.6 is 0 Å². The van der Waals surface area contributed by atoms with Gasteiger partial charge in [0.1, 0.15) is 0 Å². The molecule has 0 saturated carbocycles. The zero-order valence-corrected chi connectivity index (χ0v) is 15.0. The molecule has 0 aromatic carbocycles. The Morgan fingerprint density at radius 2 is 1.83 bits per heavy atom. The summed E-state index contributed by atoms with van der Waals surface area (Å²) in [4.78, 5) is 16.7. The van der Waals surface area contributed by atoms with Crippen molar-refractivity contribution in [3.63, 3.8) is 0 Å². The number of likely N-dealkylation sites (tertiary alicyclic amines) is 2. The first-order chi connectivity index (χ1) is 11.1. The third kappa shape index (κ3) is 5.08. The number of carbonyl (C=O) groups excluding carboxylic acids is 1. The smallest absolute Gasteiger partial charge is 0.317 e. The number of hydrogen-bond donors (Lipinski definition) is 2. The first-order valence-electron chi connectivity index (χ1n) is 9.48. The second kappa shape index (κ2) is 8.88. The Kier molecular flexibility index (Phi) is 7.15. The Morgan fingerprint density at radius 3 is 2.35 bits per heavy atom. The van der Waals surface area contributed by atoms with E-state index in [1.807, 2.05) is 4.90 Å². The molecular formula is C18H35N3O2. The van der Waals surface area contributed by atoms with Crippen LogP contribution in [0.5, 0.6) is 0 Å². The summed E-state index contributed by atoms with van der Waals surface area (Å²) in [5, 5.41) is 12.7. The van der Waals surface area contributed by atoms with E-state index < -0.39 is 0 Å². The molecule has 0 aromatic heterocycles. The Labute approximate surface area is 141 Å². The summed E-state index contributed by atoms with van der Waals surface area (Å²) in [6.07, 6.45) is 6.47. The maximum atomic E-state index is 12.3. The summed E-state index contributed by atoms with van der Waals surface area (Å²) < 4.78 is 0. The van der Waals surface area contributed by atoms with Crippen LogP contribution in [0.2, 0.25) is 0 Å². The highest BCUT2D eigenvalue weighted by Crippen LogP contribution is 2.34. The van der Waals surface area contributed by atoms with Gasteiger partial charge in [-0.25, -0.2) is 4.79 Å². The van der Waals surface area contributed by atoms with E-state index in [4.69, 9.17) is 0 Å². The summed E-state index contributed by atoms with van der Waals surface area (Å²) in [7, 11) is 0. The van der Waals surface area contributed by atoms with Crippen molar-refractivity contribution in [3.05, 3.63) is 0 Å². The van der Waals surface area contributed by atoms with Crippen molar-refractivity contribution in [2.75, 3.05) is 45.9 Å². The van der Waals surface area contributed by atoms with E-state index in [2.05, 4.69) is 24.1 Å². The monoisotopic (exact) mass is 325 g/mol. The summed E-state index contributed by atoms with van der Waals surface area (Å²) in [5.74, 6) is 0.765. The first kappa shape index (κ1) is 18.5. The van der Waals surface area contributed by atoms with E-state index in [0.717, 1.165) is 57.8 Å². The van der Waals surface area contributed by atoms with E-state index in [0.29, 0.717) is 0 Å². The average molecular weight is 325 g/mol. The van der Waals surface area contributed by atoms with Gasteiger partial charge in [-0.2, -0.15) is 0 Å². The number of piperidine rings is 2. The number of hydrogen-bond acceptors (Lipinski definition) is 3. The fourth-order valence-corrected chi connectivity index (χ4v) is 3.89. The number of amides is 2. The van der Waals surface area contributed by atoms with E-state index in [1.54, 1.807) is 0 Å². The molecule has 2 amide bonds. The molecular weight excluding hydrogens is 290 g/mol. The van der Waals surface area contributed by atoms with E-state index in [-0.39, 0.29) is 18.1 Å². The second-order valence-electron chi connectivity index (χ2n) is 7.40. The molecule has 2 aliphatic heterocycles. The fraction of sp³-hybridized carbons (Fsp3) is 0.944. The van der Waals surface area contributed by atoms with Crippen LogP contribution in [0.25, 0.3) is 0 Å². The second-order valence-corrected chi connectivity index (χ2v) is 7.40. The molecule has 0 aliphatic carbocycles. The summed E-state index contributed by atoms with van der Waals surface area (Å²) in [6.45, 7) is 10.5. The van der Waals surface area contributed by atoms with Crippen LogP contribution in [-0.2, 0) is 0 Å². The number of nitrogens with one attached hydrogen (secondary N) is 1. The first-order valence-corrected chi connectivity index (χ1v) is 9.48. The Bertz CT molecular complexity index is 353. The number of nitrogens with zero attached hydrogens (tertiary/aromatic N) is 2. The molecule has 2 N–H and O–H groups in total. The van der Waals surface area contributed by atoms with Gasteiger partial charge in [-0.1, -0.05) is 13.8 Å². The van der Waals surface area contributed by atoms with Crippen molar-refractivity contribution < 1.29 is 9.90 Å². The maximum Gasteiger partial charge on any atom is 0.317 e. The fourth-order valence-electron chi connectivity index (χ4n) is 3.89. The highest BCUT2D eigenvalue weighted by atomic mass is 16.3. The average Bonchev–Trinajstić information content (AvgIpc) is 2.62. The molecule has 2 heterocycles. The zero-order chi connectivity index (χ0) is 16.7. The Morgan fingerprint density at radius 1 is 1.17 bits per heavy atom. The van der Waals surface area contributed by atoms with Gasteiger partial charge < -0.3 is 20.2 Å². The van der Waals surface area contributed by atoms with Crippen molar-refractivity contribution in [2.45, 2.75) is 52.4 Å². The Hall–Kier alpha value is -0.810. The van der Waals surface area contributed by atoms with Gasteiger partial charge in [-0.3, -0.25) is 0 Å². The quantitative estimate of drug-likeness (QED) is 0.788. The van der Waals surface area contributed by atoms with Crippen LogP contribution in [-0.4, -0.2) is 66.8 Å². The van der Waals surface area contributed by atoms with Crippen LogP contribution in [0.4, 0.5) is 4.79 Å². The molecule has 2 rings (SSSR count). The zero-order valence-electron chi connectivity index (χ0n) is 15.0. The minimum Gasteiger partial charge on any atom is -0.396 e. The van der Waals surface area contributed by atoms with Crippen molar-refractivity contribution in [1.82, 2.24) is 15.1 Å². The van der Waals surface area contributed by atoms with Gasteiger partial charge in [-0.05, 0) is 69.5 Å². The van der Waals surface area contributed by atoms with Crippen LogP contribution in [0.1, 0.15) is 52.4 Å². The largest absolute Gasteiger partial charge is 0.396 e. The maximum absolute atomic E-state index is 12.3. The summed E-state index contributed by atoms with van der Waals surface area (Å²) in [6, 6.07) is 0.0821. The van der Waals surface area contributed by atoms with Crippen molar-refractivity contribution >= 4 is 6.03 Å². The van der Waals surface area contributed by atoms with E-state index >= 15 is 0 Å². The van der Waals surface area contributed by atoms with Gasteiger partial charge in [0.2, 0.25) is 0 Å². The molecule has 5 heteroatoms. The van der Waals surface area contributed by atoms with Crippen molar-refractivity contribution in [2.24, 2.45) is 11.3 Å². The molecule has 0 atom stereocenters. The van der Waals surface area contributed by atoms with Crippen LogP contribution < -0.4 is 5.32 Å². The van der Waals surface area contributed by atoms with Crippen LogP contribution in [0.3, 0.4) is 0 Å². The predicted molar refractivity (Wildman–Crippen MR) is 93.5 cm³/mol. The number of aliphatic hydroxyl groups excluding tert-OH is 1. The third-order valence-corrected chi connectivity index (χ3v) is 6.18. The summed E-state index contributed by atoms with van der Waals surface area (Å²) >= 11 is 0. The molecule has 0 radical (unpaired) electrons. The number of urea groups is 1. The van der Waals surface area contributed by atoms with Gasteiger partial charge >= 0.3 is 6.03 Å². The molecule has 0 spiro atoms. The lowest BCUT2D eigenvalue weighted by Crippen LogP contribution is -2.48. The minimum atomic E-state index is 0.0457. The normalized spacial score (nSPS) is 23.0. The molecule has 0 bridgehead atoms.